The summed E-state index contributed by atoms with van der Waals surface area (Å²) >= 11 is 0. The number of hydrogen-bond donors (Lipinski definition) is 1. The van der Waals surface area contributed by atoms with Crippen molar-refractivity contribution in [3.8, 4) is 0 Å². The van der Waals surface area contributed by atoms with Gasteiger partial charge >= 0.3 is 0 Å². The number of carbonyl (C=O) groups excluding carboxylic acids is 1. The van der Waals surface area contributed by atoms with Gasteiger partial charge in [0.15, 0.2) is 11.6 Å². The first-order valence-electron chi connectivity index (χ1n) is 8.72. The van der Waals surface area contributed by atoms with Gasteiger partial charge in [0.1, 0.15) is 0 Å². The fraction of sp³-hybridized carbons (Fsp3) is 0.722. The van der Waals surface area contributed by atoms with Gasteiger partial charge in [-0.3, -0.25) is 4.79 Å². The van der Waals surface area contributed by atoms with Crippen LogP contribution < -0.4 is 5.32 Å². The number of allylic oxidation sites excluding steroid dienone is 1. The summed E-state index contributed by atoms with van der Waals surface area (Å²) in [6.07, 6.45) is 5.95. The Morgan fingerprint density at radius 1 is 1.22 bits per heavy atom. The molecule has 2 aliphatic carbocycles. The summed E-state index contributed by atoms with van der Waals surface area (Å²) in [5.74, 6) is 1.18. The molecule has 0 aromatic rings. The average molecular weight is 313 g/mol. The highest BCUT2D eigenvalue weighted by Gasteiger charge is 2.60. The number of rotatable bonds is 0. The Bertz CT molecular complexity index is 712. The zero-order chi connectivity index (χ0) is 15.9. The molecule has 3 heterocycles. The monoisotopic (exact) mass is 313 g/mol. The van der Waals surface area contributed by atoms with Crippen molar-refractivity contribution in [2.24, 2.45) is 21.1 Å². The van der Waals surface area contributed by atoms with Crippen LogP contribution in [-0.2, 0) is 9.53 Å². The summed E-state index contributed by atoms with van der Waals surface area (Å²) in [6.45, 7) is 5.57. The zero-order valence-corrected chi connectivity index (χ0v) is 13.9. The van der Waals surface area contributed by atoms with E-state index in [0.29, 0.717) is 25.4 Å². The summed E-state index contributed by atoms with van der Waals surface area (Å²) in [6, 6.07) is 0. The second kappa shape index (κ2) is 4.12. The Morgan fingerprint density at radius 2 is 2.04 bits per heavy atom. The molecule has 1 saturated heterocycles. The topological polar surface area (TPSA) is 63.0 Å². The van der Waals surface area contributed by atoms with Crippen molar-refractivity contribution in [1.29, 1.82) is 0 Å². The number of hydrogen-bond acceptors (Lipinski definition) is 5. The SMILES string of the molecule is CC1(C)CC(=O)C2=C(C1)NC1=C(CN=N1)C21COC2(CCC2)C1. The van der Waals surface area contributed by atoms with Crippen LogP contribution in [0.25, 0.3) is 0 Å². The Balaban J connectivity index is 1.65. The minimum absolute atomic E-state index is 0.00337. The zero-order valence-electron chi connectivity index (χ0n) is 13.9. The Morgan fingerprint density at radius 3 is 2.74 bits per heavy atom. The van der Waals surface area contributed by atoms with Crippen molar-refractivity contribution < 1.29 is 9.53 Å². The van der Waals surface area contributed by atoms with Crippen LogP contribution in [0.1, 0.15) is 52.4 Å². The van der Waals surface area contributed by atoms with Crippen LogP contribution in [0.15, 0.2) is 32.9 Å². The largest absolute Gasteiger partial charge is 0.374 e. The smallest absolute Gasteiger partial charge is 0.162 e. The van der Waals surface area contributed by atoms with E-state index in [1.807, 2.05) is 0 Å². The number of ketones is 1. The maximum atomic E-state index is 13.1. The Hall–Kier alpha value is -1.49. The number of nitrogens with one attached hydrogen (secondary N) is 1. The third-order valence-electron chi connectivity index (χ3n) is 6.40. The van der Waals surface area contributed by atoms with Gasteiger partial charge in [0.2, 0.25) is 0 Å². The molecule has 0 aromatic heterocycles. The van der Waals surface area contributed by atoms with Crippen molar-refractivity contribution in [3.05, 3.63) is 22.7 Å². The van der Waals surface area contributed by atoms with E-state index in [1.54, 1.807) is 0 Å². The van der Waals surface area contributed by atoms with Crippen molar-refractivity contribution >= 4 is 5.78 Å². The summed E-state index contributed by atoms with van der Waals surface area (Å²) < 4.78 is 6.30. The quantitative estimate of drug-likeness (QED) is 0.746. The Kier molecular flexibility index (Phi) is 2.49. The third kappa shape index (κ3) is 1.74. The average Bonchev–Trinajstić information content (AvgIpc) is 3.01. The van der Waals surface area contributed by atoms with Crippen molar-refractivity contribution in [3.63, 3.8) is 0 Å². The normalized spacial score (nSPS) is 36.3. The van der Waals surface area contributed by atoms with Crippen LogP contribution in [0.5, 0.6) is 0 Å². The number of nitrogens with zero attached hydrogens (tertiary/aromatic N) is 2. The molecule has 5 rings (SSSR count). The van der Waals surface area contributed by atoms with Crippen molar-refractivity contribution in [2.75, 3.05) is 13.2 Å². The molecule has 1 unspecified atom stereocenters. The molecular formula is C18H23N3O2. The highest BCUT2D eigenvalue weighted by Crippen LogP contribution is 2.60. The van der Waals surface area contributed by atoms with Crippen LogP contribution in [0.2, 0.25) is 0 Å². The molecular weight excluding hydrogens is 290 g/mol. The third-order valence-corrected chi connectivity index (χ3v) is 6.40. The van der Waals surface area contributed by atoms with Gasteiger partial charge < -0.3 is 10.1 Å². The number of fused-ring (bicyclic) bond motifs is 2. The number of ether oxygens (including phenoxy) is 1. The van der Waals surface area contributed by atoms with E-state index in [-0.39, 0.29) is 16.4 Å². The lowest BCUT2D eigenvalue weighted by Gasteiger charge is -2.44. The highest BCUT2D eigenvalue weighted by molar-refractivity contribution is 6.00. The lowest BCUT2D eigenvalue weighted by Crippen LogP contribution is -2.45. The molecule has 1 saturated carbocycles. The van der Waals surface area contributed by atoms with Crippen LogP contribution >= 0.6 is 0 Å². The number of Topliss-reactive ketones (excluding diaryl/α,β-unsaturated/α-hetero) is 1. The van der Waals surface area contributed by atoms with E-state index < -0.39 is 0 Å². The summed E-state index contributed by atoms with van der Waals surface area (Å²) in [5.41, 5.74) is 2.99. The second-order valence-corrected chi connectivity index (χ2v) is 8.73. The molecule has 23 heavy (non-hydrogen) atoms. The maximum Gasteiger partial charge on any atom is 0.162 e. The van der Waals surface area contributed by atoms with Gasteiger partial charge in [-0.05, 0) is 37.5 Å². The van der Waals surface area contributed by atoms with Gasteiger partial charge in [-0.2, -0.15) is 5.11 Å². The van der Waals surface area contributed by atoms with E-state index >= 15 is 0 Å². The van der Waals surface area contributed by atoms with Gasteiger partial charge in [0.25, 0.3) is 0 Å². The first-order chi connectivity index (χ1) is 10.9. The molecule has 0 aromatic carbocycles. The minimum atomic E-state index is -0.270. The first kappa shape index (κ1) is 13.9. The maximum absolute atomic E-state index is 13.1. The molecule has 3 aliphatic heterocycles. The summed E-state index contributed by atoms with van der Waals surface area (Å²) in [4.78, 5) is 13.1. The van der Waals surface area contributed by atoms with E-state index in [0.717, 1.165) is 42.8 Å². The predicted molar refractivity (Wildman–Crippen MR) is 84.5 cm³/mol. The van der Waals surface area contributed by atoms with Gasteiger partial charge in [0.05, 0.1) is 24.2 Å². The van der Waals surface area contributed by atoms with E-state index in [4.69, 9.17) is 4.74 Å². The second-order valence-electron chi connectivity index (χ2n) is 8.73. The van der Waals surface area contributed by atoms with Crippen LogP contribution in [-0.4, -0.2) is 24.5 Å². The number of carbonyl (C=O) groups is 1. The summed E-state index contributed by atoms with van der Waals surface area (Å²) in [7, 11) is 0. The van der Waals surface area contributed by atoms with Crippen LogP contribution in [0, 0.1) is 10.8 Å². The van der Waals surface area contributed by atoms with Gasteiger partial charge in [-0.25, -0.2) is 0 Å². The molecule has 1 N–H and O–H groups in total. The fourth-order valence-corrected chi connectivity index (χ4v) is 5.24. The van der Waals surface area contributed by atoms with Gasteiger partial charge in [-0.15, -0.1) is 5.11 Å². The first-order valence-corrected chi connectivity index (χ1v) is 8.72. The molecule has 2 spiro atoms. The predicted octanol–water partition coefficient (Wildman–Crippen LogP) is 3.24. The molecule has 1 atom stereocenters. The van der Waals surface area contributed by atoms with E-state index in [9.17, 15) is 4.79 Å². The minimum Gasteiger partial charge on any atom is -0.374 e. The molecule has 0 radical (unpaired) electrons. The standard InChI is InChI=1S/C18H23N3O2/c1-16(2)6-12-14(13(22)7-16)18(11-8-19-21-15(11)20-12)9-17(23-10-18)4-3-5-17/h20H,3-10H2,1-2H3. The molecule has 122 valence electrons. The molecule has 0 bridgehead atoms. The molecule has 5 aliphatic rings. The van der Waals surface area contributed by atoms with E-state index in [1.165, 1.54) is 12.0 Å². The lowest BCUT2D eigenvalue weighted by atomic mass is 9.59. The molecule has 2 fully saturated rings. The molecule has 5 nitrogen and oxygen atoms in total. The van der Waals surface area contributed by atoms with Crippen LogP contribution in [0.4, 0.5) is 0 Å². The fourth-order valence-electron chi connectivity index (χ4n) is 5.24. The number of dihydropyridines is 1. The van der Waals surface area contributed by atoms with E-state index in [2.05, 4.69) is 29.4 Å². The summed E-state index contributed by atoms with van der Waals surface area (Å²) in [5, 5.41) is 12.0. The molecule has 5 heteroatoms. The highest BCUT2D eigenvalue weighted by atomic mass is 16.5. The lowest BCUT2D eigenvalue weighted by molar-refractivity contribution is -0.119. The van der Waals surface area contributed by atoms with Crippen molar-refractivity contribution in [1.82, 2.24) is 5.32 Å². The Labute approximate surface area is 136 Å². The number of azo groups is 1. The molecule has 0 amide bonds. The van der Waals surface area contributed by atoms with Gasteiger partial charge in [0, 0.05) is 23.3 Å². The van der Waals surface area contributed by atoms with Gasteiger partial charge in [-0.1, -0.05) is 13.8 Å². The van der Waals surface area contributed by atoms with Crippen LogP contribution in [0.3, 0.4) is 0 Å². The van der Waals surface area contributed by atoms with Crippen molar-refractivity contribution in [2.45, 2.75) is 58.0 Å².